The zero-order chi connectivity index (χ0) is 16.3. The van der Waals surface area contributed by atoms with Crippen molar-refractivity contribution in [3.63, 3.8) is 0 Å². The minimum Gasteiger partial charge on any atom is -0.296 e. The van der Waals surface area contributed by atoms with Crippen LogP contribution < -0.4 is 0 Å². The molecule has 0 aromatic heterocycles. The zero-order valence-corrected chi connectivity index (χ0v) is 15.2. The van der Waals surface area contributed by atoms with E-state index in [2.05, 4.69) is 33.9 Å². The van der Waals surface area contributed by atoms with Crippen LogP contribution in [-0.4, -0.2) is 20.0 Å². The Bertz CT molecular complexity index is 462. The van der Waals surface area contributed by atoms with Gasteiger partial charge in [-0.05, 0) is 17.0 Å². The highest BCUT2D eigenvalue weighted by molar-refractivity contribution is 6.84. The second-order valence-corrected chi connectivity index (χ2v) is 13.1. The van der Waals surface area contributed by atoms with Crippen LogP contribution in [0.1, 0.15) is 39.7 Å². The molecule has 1 nitrogen and oxygen atoms in total. The third-order valence-electron chi connectivity index (χ3n) is 5.12. The van der Waals surface area contributed by atoms with E-state index < -0.39 is 14.2 Å². The van der Waals surface area contributed by atoms with Crippen LogP contribution in [0.4, 0.5) is 4.39 Å². The molecular weight excluding hydrogens is 279 g/mol. The Labute approximate surface area is 130 Å². The molecule has 0 saturated carbocycles. The van der Waals surface area contributed by atoms with Crippen LogP contribution in [0.2, 0.25) is 23.7 Å². The Balaban J connectivity index is 2.89. The van der Waals surface area contributed by atoms with Gasteiger partial charge >= 0.3 is 0 Å². The van der Waals surface area contributed by atoms with Crippen molar-refractivity contribution in [1.82, 2.24) is 0 Å². The van der Waals surface area contributed by atoms with Gasteiger partial charge in [0.15, 0.2) is 12.0 Å². The summed E-state index contributed by atoms with van der Waals surface area (Å²) in [7, 11) is -1.87. The van der Waals surface area contributed by atoms with Gasteiger partial charge in [-0.15, -0.1) is 0 Å². The summed E-state index contributed by atoms with van der Waals surface area (Å²) in [6, 6.07) is 9.44. The van der Waals surface area contributed by atoms with Crippen molar-refractivity contribution in [2.75, 3.05) is 0 Å². The van der Waals surface area contributed by atoms with E-state index in [4.69, 9.17) is 0 Å². The molecule has 2 atom stereocenters. The maximum Gasteiger partial charge on any atom is 0.167 e. The molecule has 0 N–H and O–H groups in total. The molecule has 1 aromatic carbocycles. The molecule has 0 bridgehead atoms. The minimum atomic E-state index is -1.87. The number of hydrogen-bond acceptors (Lipinski definition) is 1. The van der Waals surface area contributed by atoms with Crippen LogP contribution in [-0.2, 0) is 11.2 Å². The lowest BCUT2D eigenvalue weighted by Gasteiger charge is -2.42. The lowest BCUT2D eigenvalue weighted by Crippen LogP contribution is -2.47. The molecule has 0 radical (unpaired) electrons. The van der Waals surface area contributed by atoms with Crippen LogP contribution in [0, 0.1) is 0 Å². The van der Waals surface area contributed by atoms with E-state index in [1.807, 2.05) is 37.3 Å². The van der Waals surface area contributed by atoms with Gasteiger partial charge in [-0.1, -0.05) is 71.1 Å². The average Bonchev–Trinajstić information content (AvgIpc) is 2.38. The molecule has 1 aromatic rings. The number of rotatable bonds is 6. The van der Waals surface area contributed by atoms with Gasteiger partial charge in [-0.25, -0.2) is 4.39 Å². The first-order valence-electron chi connectivity index (χ1n) is 7.83. The number of alkyl halides is 1. The van der Waals surface area contributed by atoms with Crippen LogP contribution in [0.15, 0.2) is 30.3 Å². The summed E-state index contributed by atoms with van der Waals surface area (Å²) in [5.74, 6) is -0.187. The Hall–Kier alpha value is -0.963. The highest BCUT2D eigenvalue weighted by Crippen LogP contribution is 2.45. The van der Waals surface area contributed by atoms with Crippen molar-refractivity contribution in [3.05, 3.63) is 35.9 Å². The van der Waals surface area contributed by atoms with Crippen molar-refractivity contribution >= 4 is 13.9 Å². The van der Waals surface area contributed by atoms with Gasteiger partial charge in [0.05, 0.1) is 8.07 Å². The molecule has 0 fully saturated rings. The molecular formula is C18H29FOSi. The van der Waals surface area contributed by atoms with E-state index in [1.54, 1.807) is 0 Å². The first-order chi connectivity index (χ1) is 9.61. The third-order valence-corrected chi connectivity index (χ3v) is 11.4. The van der Waals surface area contributed by atoms with Gasteiger partial charge in [0, 0.05) is 12.0 Å². The molecule has 0 aliphatic carbocycles. The molecule has 3 heteroatoms. The van der Waals surface area contributed by atoms with Crippen LogP contribution in [0.25, 0.3) is 0 Å². The fourth-order valence-electron chi connectivity index (χ4n) is 2.73. The Kier molecular flexibility index (Phi) is 5.91. The van der Waals surface area contributed by atoms with Crippen molar-refractivity contribution in [1.29, 1.82) is 0 Å². The standard InChI is InChI=1S/C18H29FOSi/c1-7-16(21(5,6)18(2,3)4)17(20)15(19)13-14-11-9-8-10-12-14/h8-12,15-16H,7,13H2,1-6H3/t15-,16-/m0/s1. The summed E-state index contributed by atoms with van der Waals surface area (Å²) in [6.07, 6.45) is -0.443. The van der Waals surface area contributed by atoms with Gasteiger partial charge in [0.25, 0.3) is 0 Å². The molecule has 0 spiro atoms. The Morgan fingerprint density at radius 3 is 2.14 bits per heavy atom. The molecule has 1 rings (SSSR count). The largest absolute Gasteiger partial charge is 0.296 e. The fraction of sp³-hybridized carbons (Fsp3) is 0.611. The average molecular weight is 309 g/mol. The normalized spacial score (nSPS) is 15.6. The van der Waals surface area contributed by atoms with Crippen LogP contribution >= 0.6 is 0 Å². The maximum atomic E-state index is 14.5. The van der Waals surface area contributed by atoms with E-state index in [0.29, 0.717) is 0 Å². The smallest absolute Gasteiger partial charge is 0.167 e. The molecule has 118 valence electrons. The molecule has 0 saturated heterocycles. The fourth-order valence-corrected chi connectivity index (χ4v) is 5.69. The number of Topliss-reactive ketones (excluding diaryl/α,β-unsaturated/α-hetero) is 1. The highest BCUT2D eigenvalue weighted by atomic mass is 28.3. The van der Waals surface area contributed by atoms with Crippen molar-refractivity contribution < 1.29 is 9.18 Å². The molecule has 0 amide bonds. The summed E-state index contributed by atoms with van der Waals surface area (Å²) in [5.41, 5.74) is 0.777. The molecule has 21 heavy (non-hydrogen) atoms. The summed E-state index contributed by atoms with van der Waals surface area (Å²) < 4.78 is 14.5. The Morgan fingerprint density at radius 1 is 1.19 bits per heavy atom. The number of carbonyl (C=O) groups is 1. The predicted molar refractivity (Wildman–Crippen MR) is 91.3 cm³/mol. The highest BCUT2D eigenvalue weighted by Gasteiger charge is 2.46. The Morgan fingerprint density at radius 2 is 1.71 bits per heavy atom. The number of ketones is 1. The number of hydrogen-bond donors (Lipinski definition) is 0. The lowest BCUT2D eigenvalue weighted by atomic mass is 10.0. The van der Waals surface area contributed by atoms with Gasteiger partial charge in [0.1, 0.15) is 0 Å². The van der Waals surface area contributed by atoms with Crippen molar-refractivity contribution in [2.45, 2.75) is 70.4 Å². The summed E-state index contributed by atoms with van der Waals surface area (Å²) in [5, 5.41) is 0.0931. The summed E-state index contributed by atoms with van der Waals surface area (Å²) >= 11 is 0. The molecule has 0 aliphatic heterocycles. The third kappa shape index (κ3) is 4.25. The van der Waals surface area contributed by atoms with E-state index >= 15 is 0 Å². The maximum absolute atomic E-state index is 14.5. The van der Waals surface area contributed by atoms with E-state index in [9.17, 15) is 9.18 Å². The lowest BCUT2D eigenvalue weighted by molar-refractivity contribution is -0.124. The van der Waals surface area contributed by atoms with Crippen LogP contribution in [0.5, 0.6) is 0 Å². The molecule has 0 unspecified atom stereocenters. The predicted octanol–water partition coefficient (Wildman–Crippen LogP) is 5.43. The van der Waals surface area contributed by atoms with Crippen molar-refractivity contribution in [2.24, 2.45) is 0 Å². The topological polar surface area (TPSA) is 17.1 Å². The van der Waals surface area contributed by atoms with Gasteiger partial charge in [0.2, 0.25) is 0 Å². The number of benzene rings is 1. The summed E-state index contributed by atoms with van der Waals surface area (Å²) in [4.78, 5) is 12.6. The van der Waals surface area contributed by atoms with Crippen LogP contribution in [0.3, 0.4) is 0 Å². The van der Waals surface area contributed by atoms with E-state index in [1.165, 1.54) is 0 Å². The SMILES string of the molecule is CC[C@@H](C(=O)[C@@H](F)Cc1ccccc1)[Si](C)(C)C(C)(C)C. The number of carbonyl (C=O) groups excluding carboxylic acids is 1. The first kappa shape index (κ1) is 18.1. The molecule has 0 heterocycles. The van der Waals surface area contributed by atoms with Gasteiger partial charge < -0.3 is 0 Å². The zero-order valence-electron chi connectivity index (χ0n) is 14.2. The second kappa shape index (κ2) is 6.86. The monoisotopic (exact) mass is 308 g/mol. The van der Waals surface area contributed by atoms with Crippen molar-refractivity contribution in [3.8, 4) is 0 Å². The number of halogens is 1. The first-order valence-corrected chi connectivity index (χ1v) is 10.9. The summed E-state index contributed by atoms with van der Waals surface area (Å²) in [6.45, 7) is 13.0. The van der Waals surface area contributed by atoms with E-state index in [-0.39, 0.29) is 22.8 Å². The van der Waals surface area contributed by atoms with Gasteiger partial charge in [-0.2, -0.15) is 0 Å². The minimum absolute atomic E-state index is 0.0931. The van der Waals surface area contributed by atoms with E-state index in [0.717, 1.165) is 12.0 Å². The molecule has 0 aliphatic rings. The quantitative estimate of drug-likeness (QED) is 0.641. The van der Waals surface area contributed by atoms with Gasteiger partial charge in [-0.3, -0.25) is 4.79 Å². The second-order valence-electron chi connectivity index (χ2n) is 7.49.